The monoisotopic (exact) mass is 340 g/mol. The van der Waals surface area contributed by atoms with Gasteiger partial charge in [0.2, 0.25) is 0 Å². The van der Waals surface area contributed by atoms with E-state index in [1.807, 2.05) is 18.2 Å². The van der Waals surface area contributed by atoms with E-state index in [4.69, 9.17) is 0 Å². The van der Waals surface area contributed by atoms with E-state index in [9.17, 15) is 0 Å². The molecule has 0 fully saturated rings. The zero-order valence-corrected chi connectivity index (χ0v) is 13.5. The molecule has 0 saturated carbocycles. The highest BCUT2D eigenvalue weighted by atomic mass is 79.9. The van der Waals surface area contributed by atoms with Crippen LogP contribution in [0.15, 0.2) is 65.1 Å². The van der Waals surface area contributed by atoms with Crippen molar-refractivity contribution in [2.45, 2.75) is 19.5 Å². The fourth-order valence-electron chi connectivity index (χ4n) is 2.40. The summed E-state index contributed by atoms with van der Waals surface area (Å²) >= 11 is 3.60. The Hall–Kier alpha value is -1.71. The van der Waals surface area contributed by atoms with E-state index in [0.717, 1.165) is 22.2 Å². The van der Waals surface area contributed by atoms with Gasteiger partial charge in [-0.3, -0.25) is 4.98 Å². The molecular formula is C18H17BrN2. The van der Waals surface area contributed by atoms with E-state index in [1.54, 1.807) is 0 Å². The van der Waals surface area contributed by atoms with Crippen LogP contribution in [0.5, 0.6) is 0 Å². The molecule has 1 N–H and O–H groups in total. The smallest absolute Gasteiger partial charge is 0.0705 e. The normalized spacial score (nSPS) is 12.5. The summed E-state index contributed by atoms with van der Waals surface area (Å²) in [6.07, 6.45) is 0. The van der Waals surface area contributed by atoms with Gasteiger partial charge in [0, 0.05) is 22.4 Å². The Kier molecular flexibility index (Phi) is 4.32. The highest BCUT2D eigenvalue weighted by Crippen LogP contribution is 2.23. The van der Waals surface area contributed by atoms with Crippen molar-refractivity contribution in [3.63, 3.8) is 0 Å². The number of halogens is 1. The van der Waals surface area contributed by atoms with Gasteiger partial charge in [-0.05, 0) is 30.7 Å². The van der Waals surface area contributed by atoms with E-state index < -0.39 is 0 Å². The first-order valence-electron chi connectivity index (χ1n) is 7.06. The minimum Gasteiger partial charge on any atom is -0.305 e. The number of hydrogen-bond donors (Lipinski definition) is 1. The summed E-state index contributed by atoms with van der Waals surface area (Å²) in [5.74, 6) is 0. The molecule has 0 saturated heterocycles. The van der Waals surface area contributed by atoms with Gasteiger partial charge in [-0.2, -0.15) is 0 Å². The summed E-state index contributed by atoms with van der Waals surface area (Å²) in [4.78, 5) is 4.69. The summed E-state index contributed by atoms with van der Waals surface area (Å²) in [5, 5.41) is 4.71. The molecule has 3 heteroatoms. The molecule has 3 rings (SSSR count). The van der Waals surface area contributed by atoms with Gasteiger partial charge in [0.1, 0.15) is 0 Å². The molecule has 3 aromatic rings. The SMILES string of the molecule is CC(NCc1ccc2ccccc2n1)c1ccccc1Br. The number of fused-ring (bicyclic) bond motifs is 1. The Labute approximate surface area is 133 Å². The first-order valence-corrected chi connectivity index (χ1v) is 7.86. The Morgan fingerprint density at radius 2 is 1.76 bits per heavy atom. The maximum absolute atomic E-state index is 4.69. The van der Waals surface area contributed by atoms with E-state index >= 15 is 0 Å². The van der Waals surface area contributed by atoms with Gasteiger partial charge < -0.3 is 5.32 Å². The second-order valence-corrected chi connectivity index (χ2v) is 5.97. The average Bonchev–Trinajstić information content (AvgIpc) is 2.53. The number of rotatable bonds is 4. The second kappa shape index (κ2) is 6.37. The molecule has 0 spiro atoms. The van der Waals surface area contributed by atoms with Crippen molar-refractivity contribution in [1.82, 2.24) is 10.3 Å². The van der Waals surface area contributed by atoms with Crippen LogP contribution in [0.1, 0.15) is 24.2 Å². The molecule has 0 aliphatic rings. The minimum atomic E-state index is 0.272. The van der Waals surface area contributed by atoms with Crippen molar-refractivity contribution < 1.29 is 0 Å². The molecule has 1 unspecified atom stereocenters. The van der Waals surface area contributed by atoms with Crippen LogP contribution in [-0.4, -0.2) is 4.98 Å². The molecule has 0 aliphatic heterocycles. The van der Waals surface area contributed by atoms with Gasteiger partial charge in [0.25, 0.3) is 0 Å². The Bertz CT molecular complexity index is 755. The molecule has 1 heterocycles. The minimum absolute atomic E-state index is 0.272. The van der Waals surface area contributed by atoms with Crippen molar-refractivity contribution in [3.8, 4) is 0 Å². The summed E-state index contributed by atoms with van der Waals surface area (Å²) < 4.78 is 1.14. The number of hydrogen-bond acceptors (Lipinski definition) is 2. The third-order valence-corrected chi connectivity index (χ3v) is 4.34. The predicted octanol–water partition coefficient (Wildman–Crippen LogP) is 4.85. The molecule has 106 valence electrons. The van der Waals surface area contributed by atoms with Crippen LogP contribution in [0.25, 0.3) is 10.9 Å². The van der Waals surface area contributed by atoms with Gasteiger partial charge in [-0.15, -0.1) is 0 Å². The summed E-state index contributed by atoms with van der Waals surface area (Å²) in [7, 11) is 0. The fraction of sp³-hybridized carbons (Fsp3) is 0.167. The van der Waals surface area contributed by atoms with Crippen LogP contribution >= 0.6 is 15.9 Å². The highest BCUT2D eigenvalue weighted by molar-refractivity contribution is 9.10. The van der Waals surface area contributed by atoms with Crippen LogP contribution in [0.4, 0.5) is 0 Å². The standard InChI is InChI=1S/C18H17BrN2/c1-13(16-7-3-4-8-17(16)19)20-12-15-11-10-14-6-2-5-9-18(14)21-15/h2-11,13,20H,12H2,1H3. The fourth-order valence-corrected chi connectivity index (χ4v) is 3.03. The number of aromatic nitrogens is 1. The number of para-hydroxylation sites is 1. The lowest BCUT2D eigenvalue weighted by atomic mass is 10.1. The third kappa shape index (κ3) is 3.31. The van der Waals surface area contributed by atoms with Gasteiger partial charge in [-0.25, -0.2) is 0 Å². The number of nitrogens with zero attached hydrogens (tertiary/aromatic N) is 1. The van der Waals surface area contributed by atoms with Crippen molar-refractivity contribution in [2.75, 3.05) is 0 Å². The molecule has 2 nitrogen and oxygen atoms in total. The molecule has 0 radical (unpaired) electrons. The summed E-state index contributed by atoms with van der Waals surface area (Å²) in [6, 6.07) is 21.0. The van der Waals surface area contributed by atoms with Crippen LogP contribution < -0.4 is 5.32 Å². The van der Waals surface area contributed by atoms with Gasteiger partial charge in [-0.1, -0.05) is 58.4 Å². The maximum atomic E-state index is 4.69. The Morgan fingerprint density at radius 1 is 1.00 bits per heavy atom. The lowest BCUT2D eigenvalue weighted by molar-refractivity contribution is 0.567. The van der Waals surface area contributed by atoms with E-state index in [2.05, 4.69) is 75.6 Å². The molecule has 21 heavy (non-hydrogen) atoms. The number of benzene rings is 2. The molecule has 0 bridgehead atoms. The lowest BCUT2D eigenvalue weighted by Crippen LogP contribution is -2.19. The van der Waals surface area contributed by atoms with E-state index in [0.29, 0.717) is 0 Å². The number of nitrogens with one attached hydrogen (secondary N) is 1. The van der Waals surface area contributed by atoms with E-state index in [-0.39, 0.29) is 6.04 Å². The molecule has 0 aliphatic carbocycles. The average molecular weight is 341 g/mol. The first kappa shape index (κ1) is 14.2. The zero-order chi connectivity index (χ0) is 14.7. The van der Waals surface area contributed by atoms with Gasteiger partial charge >= 0.3 is 0 Å². The zero-order valence-electron chi connectivity index (χ0n) is 11.9. The molecule has 2 aromatic carbocycles. The van der Waals surface area contributed by atoms with Crippen molar-refractivity contribution in [3.05, 3.63) is 76.4 Å². The molecule has 1 aromatic heterocycles. The van der Waals surface area contributed by atoms with Crippen molar-refractivity contribution >= 4 is 26.8 Å². The van der Waals surface area contributed by atoms with E-state index in [1.165, 1.54) is 10.9 Å². The highest BCUT2D eigenvalue weighted by Gasteiger charge is 2.08. The molecule has 1 atom stereocenters. The van der Waals surface area contributed by atoms with Crippen molar-refractivity contribution in [2.24, 2.45) is 0 Å². The van der Waals surface area contributed by atoms with Crippen LogP contribution in [0, 0.1) is 0 Å². The second-order valence-electron chi connectivity index (χ2n) is 5.12. The maximum Gasteiger partial charge on any atom is 0.0705 e. The largest absolute Gasteiger partial charge is 0.305 e. The van der Waals surface area contributed by atoms with Crippen LogP contribution in [-0.2, 0) is 6.54 Å². The molecular weight excluding hydrogens is 324 g/mol. The summed E-state index contributed by atoms with van der Waals surface area (Å²) in [6.45, 7) is 2.93. The first-order chi connectivity index (χ1) is 10.2. The van der Waals surface area contributed by atoms with Crippen LogP contribution in [0.3, 0.4) is 0 Å². The number of pyridine rings is 1. The predicted molar refractivity (Wildman–Crippen MR) is 91.1 cm³/mol. The third-order valence-electron chi connectivity index (χ3n) is 3.62. The Balaban J connectivity index is 1.73. The summed E-state index contributed by atoms with van der Waals surface area (Å²) in [5.41, 5.74) is 3.37. The van der Waals surface area contributed by atoms with Crippen molar-refractivity contribution in [1.29, 1.82) is 0 Å². The van der Waals surface area contributed by atoms with Gasteiger partial charge in [0.05, 0.1) is 11.2 Å². The topological polar surface area (TPSA) is 24.9 Å². The quantitative estimate of drug-likeness (QED) is 0.734. The van der Waals surface area contributed by atoms with Crippen LogP contribution in [0.2, 0.25) is 0 Å². The lowest BCUT2D eigenvalue weighted by Gasteiger charge is -2.15. The molecule has 0 amide bonds. The van der Waals surface area contributed by atoms with Gasteiger partial charge in [0.15, 0.2) is 0 Å². The Morgan fingerprint density at radius 3 is 2.62 bits per heavy atom.